The molecule has 0 radical (unpaired) electrons. The molecular formula is C26H30N2O5S2. The Hall–Kier alpha value is -3.01. The molecular weight excluding hydrogens is 484 g/mol. The van der Waals surface area contributed by atoms with Crippen LogP contribution in [0.4, 0.5) is 5.00 Å². The molecule has 7 nitrogen and oxygen atoms in total. The van der Waals surface area contributed by atoms with E-state index in [4.69, 9.17) is 4.74 Å². The van der Waals surface area contributed by atoms with E-state index in [0.717, 1.165) is 16.0 Å². The van der Waals surface area contributed by atoms with Crippen molar-refractivity contribution in [3.63, 3.8) is 0 Å². The van der Waals surface area contributed by atoms with Gasteiger partial charge in [-0.25, -0.2) is 13.2 Å². The molecule has 0 aliphatic heterocycles. The Kier molecular flexibility index (Phi) is 8.47. The highest BCUT2D eigenvalue weighted by molar-refractivity contribution is 7.89. The van der Waals surface area contributed by atoms with Crippen LogP contribution < -0.4 is 5.32 Å². The predicted molar refractivity (Wildman–Crippen MR) is 138 cm³/mol. The van der Waals surface area contributed by atoms with Gasteiger partial charge in [0.25, 0.3) is 5.91 Å². The predicted octanol–water partition coefficient (Wildman–Crippen LogP) is 5.39. The number of amides is 1. The number of carbonyl (C=O) groups is 2. The van der Waals surface area contributed by atoms with Crippen LogP contribution in [0.25, 0.3) is 0 Å². The van der Waals surface area contributed by atoms with Gasteiger partial charge in [0.2, 0.25) is 10.0 Å². The SMILES string of the molecule is CCOC(=O)c1c(NC(=O)c2ccc(S(=O)(=O)N(Cc3ccccc3)C(C)C)cc2)sc(C)c1C. The Labute approximate surface area is 210 Å². The summed E-state index contributed by atoms with van der Waals surface area (Å²) in [5, 5.41) is 3.19. The monoisotopic (exact) mass is 514 g/mol. The summed E-state index contributed by atoms with van der Waals surface area (Å²) in [6, 6.07) is 15.0. The van der Waals surface area contributed by atoms with Crippen LogP contribution in [0.3, 0.4) is 0 Å². The van der Waals surface area contributed by atoms with Gasteiger partial charge in [0.15, 0.2) is 0 Å². The maximum atomic E-state index is 13.3. The van der Waals surface area contributed by atoms with Gasteiger partial charge in [-0.2, -0.15) is 4.31 Å². The Bertz CT molecular complexity index is 1300. The molecule has 2 aromatic carbocycles. The molecule has 0 atom stereocenters. The third kappa shape index (κ3) is 5.98. The first-order chi connectivity index (χ1) is 16.6. The van der Waals surface area contributed by atoms with Crippen molar-refractivity contribution in [3.05, 3.63) is 81.7 Å². The van der Waals surface area contributed by atoms with Crippen molar-refractivity contribution in [2.45, 2.75) is 52.1 Å². The summed E-state index contributed by atoms with van der Waals surface area (Å²) in [5.74, 6) is -0.927. The van der Waals surface area contributed by atoms with Crippen LogP contribution in [0.2, 0.25) is 0 Å². The van der Waals surface area contributed by atoms with Crippen LogP contribution in [-0.2, 0) is 21.3 Å². The second-order valence-corrected chi connectivity index (χ2v) is 11.4. The molecule has 3 aromatic rings. The number of hydrogen-bond acceptors (Lipinski definition) is 6. The van der Waals surface area contributed by atoms with Crippen molar-refractivity contribution < 1.29 is 22.7 Å². The average molecular weight is 515 g/mol. The molecule has 1 N–H and O–H groups in total. The minimum absolute atomic E-state index is 0.105. The minimum atomic E-state index is -3.78. The van der Waals surface area contributed by atoms with Gasteiger partial charge in [-0.1, -0.05) is 30.3 Å². The lowest BCUT2D eigenvalue weighted by molar-refractivity contribution is 0.0527. The number of ether oxygens (including phenoxy) is 1. The molecule has 3 rings (SSSR count). The fourth-order valence-corrected chi connectivity index (χ4v) is 6.23. The van der Waals surface area contributed by atoms with Gasteiger partial charge in [-0.3, -0.25) is 4.79 Å². The molecule has 0 bridgehead atoms. The Morgan fingerprint density at radius 3 is 2.23 bits per heavy atom. The molecule has 0 saturated carbocycles. The van der Waals surface area contributed by atoms with Crippen LogP contribution in [0.1, 0.15) is 57.5 Å². The third-order valence-electron chi connectivity index (χ3n) is 5.57. The van der Waals surface area contributed by atoms with Crippen LogP contribution in [0.15, 0.2) is 59.5 Å². The van der Waals surface area contributed by atoms with Crippen molar-refractivity contribution >= 4 is 38.2 Å². The standard InChI is InChI=1S/C26H30N2O5S2/c1-6-33-26(30)23-18(4)19(5)34-25(23)27-24(29)21-12-14-22(15-13-21)35(31,32)28(17(2)3)16-20-10-8-7-9-11-20/h7-15,17H,6,16H2,1-5H3,(H,27,29). The Balaban J connectivity index is 1.82. The van der Waals surface area contributed by atoms with Gasteiger partial charge in [0, 0.05) is 23.0 Å². The highest BCUT2D eigenvalue weighted by atomic mass is 32.2. The van der Waals surface area contributed by atoms with Gasteiger partial charge in [0.1, 0.15) is 5.00 Å². The summed E-state index contributed by atoms with van der Waals surface area (Å²) in [4.78, 5) is 26.3. The minimum Gasteiger partial charge on any atom is -0.462 e. The number of benzene rings is 2. The van der Waals surface area contributed by atoms with Crippen molar-refractivity contribution in [3.8, 4) is 0 Å². The molecule has 0 unspecified atom stereocenters. The Morgan fingerprint density at radius 2 is 1.66 bits per heavy atom. The van der Waals surface area contributed by atoms with E-state index in [2.05, 4.69) is 5.32 Å². The highest BCUT2D eigenvalue weighted by Gasteiger charge is 2.28. The quantitative estimate of drug-likeness (QED) is 0.386. The number of nitrogens with zero attached hydrogens (tertiary/aromatic N) is 1. The topological polar surface area (TPSA) is 92.8 Å². The van der Waals surface area contributed by atoms with Crippen molar-refractivity contribution in [2.24, 2.45) is 0 Å². The van der Waals surface area contributed by atoms with Gasteiger partial charge in [0.05, 0.1) is 17.1 Å². The molecule has 1 aromatic heterocycles. The van der Waals surface area contributed by atoms with Crippen molar-refractivity contribution in [1.29, 1.82) is 0 Å². The molecule has 0 aliphatic carbocycles. The number of anilines is 1. The zero-order valence-corrected chi connectivity index (χ0v) is 22.1. The van der Waals surface area contributed by atoms with Gasteiger partial charge in [-0.15, -0.1) is 11.3 Å². The number of carbonyl (C=O) groups excluding carboxylic acids is 2. The van der Waals surface area contributed by atoms with Crippen LogP contribution in [0, 0.1) is 13.8 Å². The third-order valence-corrected chi connectivity index (χ3v) is 8.73. The molecule has 9 heteroatoms. The average Bonchev–Trinajstić information content (AvgIpc) is 3.10. The van der Waals surface area contributed by atoms with E-state index in [-0.39, 0.29) is 29.7 Å². The molecule has 0 spiro atoms. The van der Waals surface area contributed by atoms with Crippen LogP contribution >= 0.6 is 11.3 Å². The van der Waals surface area contributed by atoms with E-state index in [0.29, 0.717) is 10.6 Å². The number of esters is 1. The smallest absolute Gasteiger partial charge is 0.341 e. The lowest BCUT2D eigenvalue weighted by Gasteiger charge is -2.26. The van der Waals surface area contributed by atoms with Gasteiger partial charge >= 0.3 is 5.97 Å². The van der Waals surface area contributed by atoms with Gasteiger partial charge < -0.3 is 10.1 Å². The molecule has 35 heavy (non-hydrogen) atoms. The molecule has 1 amide bonds. The highest BCUT2D eigenvalue weighted by Crippen LogP contribution is 2.33. The summed E-state index contributed by atoms with van der Waals surface area (Å²) in [7, 11) is -3.78. The zero-order chi connectivity index (χ0) is 25.8. The first-order valence-electron chi connectivity index (χ1n) is 11.3. The van der Waals surface area contributed by atoms with E-state index >= 15 is 0 Å². The fourth-order valence-electron chi connectivity index (χ4n) is 3.56. The van der Waals surface area contributed by atoms with E-state index in [1.165, 1.54) is 39.9 Å². The molecule has 0 aliphatic rings. The number of sulfonamides is 1. The first-order valence-corrected chi connectivity index (χ1v) is 13.6. The number of rotatable bonds is 9. The Morgan fingerprint density at radius 1 is 1.03 bits per heavy atom. The maximum Gasteiger partial charge on any atom is 0.341 e. The van der Waals surface area contributed by atoms with E-state index in [1.807, 2.05) is 58.0 Å². The first kappa shape index (κ1) is 26.6. The second-order valence-electron chi connectivity index (χ2n) is 8.32. The summed E-state index contributed by atoms with van der Waals surface area (Å²) in [6.45, 7) is 9.53. The largest absolute Gasteiger partial charge is 0.462 e. The maximum absolute atomic E-state index is 13.3. The summed E-state index contributed by atoms with van der Waals surface area (Å²) >= 11 is 1.30. The second kappa shape index (κ2) is 11.2. The summed E-state index contributed by atoms with van der Waals surface area (Å²) in [5.41, 5.74) is 2.27. The van der Waals surface area contributed by atoms with Gasteiger partial charge in [-0.05, 0) is 70.0 Å². The molecule has 0 saturated heterocycles. The van der Waals surface area contributed by atoms with E-state index < -0.39 is 21.9 Å². The molecule has 186 valence electrons. The number of aryl methyl sites for hydroxylation is 1. The van der Waals surface area contributed by atoms with Crippen molar-refractivity contribution in [2.75, 3.05) is 11.9 Å². The van der Waals surface area contributed by atoms with E-state index in [1.54, 1.807) is 6.92 Å². The summed E-state index contributed by atoms with van der Waals surface area (Å²) < 4.78 is 33.3. The van der Waals surface area contributed by atoms with Crippen molar-refractivity contribution in [1.82, 2.24) is 4.31 Å². The molecule has 0 fully saturated rings. The fraction of sp³-hybridized carbons (Fsp3) is 0.308. The normalized spacial score (nSPS) is 11.6. The lowest BCUT2D eigenvalue weighted by atomic mass is 10.1. The number of hydrogen-bond donors (Lipinski definition) is 1. The summed E-state index contributed by atoms with van der Waals surface area (Å²) in [6.07, 6.45) is 0. The lowest BCUT2D eigenvalue weighted by Crippen LogP contribution is -2.36. The number of nitrogens with one attached hydrogen (secondary N) is 1. The van der Waals surface area contributed by atoms with Crippen LogP contribution in [-0.4, -0.2) is 37.2 Å². The number of thiophene rings is 1. The zero-order valence-electron chi connectivity index (χ0n) is 20.5. The molecule has 1 heterocycles. The van der Waals surface area contributed by atoms with Crippen LogP contribution in [0.5, 0.6) is 0 Å². The van der Waals surface area contributed by atoms with E-state index in [9.17, 15) is 18.0 Å².